The van der Waals surface area contributed by atoms with Crippen molar-refractivity contribution in [3.63, 3.8) is 0 Å². The van der Waals surface area contributed by atoms with Crippen LogP contribution in [0.1, 0.15) is 47.8 Å². The van der Waals surface area contributed by atoms with Gasteiger partial charge in [-0.3, -0.25) is 4.79 Å². The third kappa shape index (κ3) is 6.71. The van der Waals surface area contributed by atoms with E-state index in [4.69, 9.17) is 4.74 Å². The quantitative estimate of drug-likeness (QED) is 0.303. The van der Waals surface area contributed by atoms with Crippen molar-refractivity contribution in [3.8, 4) is 0 Å². The molecule has 5 heteroatoms. The Morgan fingerprint density at radius 2 is 1.56 bits per heavy atom. The van der Waals surface area contributed by atoms with E-state index in [0.717, 1.165) is 28.8 Å². The summed E-state index contributed by atoms with van der Waals surface area (Å²) >= 11 is 0. The summed E-state index contributed by atoms with van der Waals surface area (Å²) in [5.41, 5.74) is 5.23. The van der Waals surface area contributed by atoms with Crippen molar-refractivity contribution in [1.29, 1.82) is 0 Å². The SMILES string of the molecule is C=C/C=C(NCc1ccc(Cc2ccc(C(=O)OC)cc2)cc1)\C(C)=C(\O)C(C)C(C)=O. The second-order valence-electron chi connectivity index (χ2n) is 7.69. The maximum absolute atomic E-state index is 11.6. The van der Waals surface area contributed by atoms with Crippen LogP contribution in [0.4, 0.5) is 0 Å². The lowest BCUT2D eigenvalue weighted by Gasteiger charge is -2.16. The molecule has 0 aromatic heterocycles. The predicted octanol–water partition coefficient (Wildman–Crippen LogP) is 5.28. The maximum atomic E-state index is 11.6. The van der Waals surface area contributed by atoms with Crippen molar-refractivity contribution < 1.29 is 19.4 Å². The fourth-order valence-electron chi connectivity index (χ4n) is 3.17. The van der Waals surface area contributed by atoms with E-state index in [-0.39, 0.29) is 17.5 Å². The third-order valence-corrected chi connectivity index (χ3v) is 5.38. The molecule has 0 fully saturated rings. The molecule has 0 aliphatic heterocycles. The number of aliphatic hydroxyl groups is 1. The molecule has 0 spiro atoms. The van der Waals surface area contributed by atoms with Gasteiger partial charge in [-0.05, 0) is 62.1 Å². The van der Waals surface area contributed by atoms with Crippen LogP contribution in [-0.4, -0.2) is 24.0 Å². The highest BCUT2D eigenvalue weighted by Crippen LogP contribution is 2.19. The first-order valence-corrected chi connectivity index (χ1v) is 10.5. The van der Waals surface area contributed by atoms with Gasteiger partial charge in [0.1, 0.15) is 11.5 Å². The number of carbonyl (C=O) groups excluding carboxylic acids is 2. The van der Waals surface area contributed by atoms with E-state index in [0.29, 0.717) is 17.7 Å². The summed E-state index contributed by atoms with van der Waals surface area (Å²) in [6, 6.07) is 15.6. The van der Waals surface area contributed by atoms with Gasteiger partial charge in [0.05, 0.1) is 18.6 Å². The molecule has 2 N–H and O–H groups in total. The number of hydrogen-bond acceptors (Lipinski definition) is 5. The Bertz CT molecular complexity index is 1010. The Labute approximate surface area is 190 Å². The molecule has 1 unspecified atom stereocenters. The fraction of sp³-hybridized carbons (Fsp3) is 0.259. The molecule has 1 atom stereocenters. The minimum atomic E-state index is -0.550. The Morgan fingerprint density at radius 1 is 1.03 bits per heavy atom. The molecular formula is C27H31NO4. The Kier molecular flexibility index (Phi) is 9.02. The van der Waals surface area contributed by atoms with Crippen LogP contribution >= 0.6 is 0 Å². The molecule has 0 amide bonds. The number of rotatable bonds is 10. The highest BCUT2D eigenvalue weighted by molar-refractivity contribution is 5.89. The lowest BCUT2D eigenvalue weighted by molar-refractivity contribution is -0.119. The molecule has 2 rings (SSSR count). The van der Waals surface area contributed by atoms with Crippen molar-refractivity contribution >= 4 is 11.8 Å². The Balaban J connectivity index is 2.04. The molecule has 2 aromatic carbocycles. The van der Waals surface area contributed by atoms with Crippen molar-refractivity contribution in [3.05, 3.63) is 107 Å². The number of benzene rings is 2. The van der Waals surface area contributed by atoms with Crippen molar-refractivity contribution in [2.24, 2.45) is 5.92 Å². The summed E-state index contributed by atoms with van der Waals surface area (Å²) in [5.74, 6) is -0.916. The zero-order valence-corrected chi connectivity index (χ0v) is 19.1. The summed E-state index contributed by atoms with van der Waals surface area (Å²) in [7, 11) is 1.37. The first-order chi connectivity index (χ1) is 15.3. The topological polar surface area (TPSA) is 75.6 Å². The zero-order valence-electron chi connectivity index (χ0n) is 19.1. The molecule has 0 radical (unpaired) electrons. The zero-order chi connectivity index (χ0) is 23.7. The summed E-state index contributed by atoms with van der Waals surface area (Å²) in [6.45, 7) is 9.24. The average Bonchev–Trinajstić information content (AvgIpc) is 2.81. The van der Waals surface area contributed by atoms with E-state index in [2.05, 4.69) is 24.0 Å². The van der Waals surface area contributed by atoms with E-state index >= 15 is 0 Å². The van der Waals surface area contributed by atoms with Gasteiger partial charge >= 0.3 is 5.97 Å². The van der Waals surface area contributed by atoms with Gasteiger partial charge in [-0.1, -0.05) is 49.1 Å². The van der Waals surface area contributed by atoms with E-state index < -0.39 is 5.92 Å². The fourth-order valence-corrected chi connectivity index (χ4v) is 3.17. The van der Waals surface area contributed by atoms with Crippen LogP contribution in [0.25, 0.3) is 0 Å². The van der Waals surface area contributed by atoms with Crippen molar-refractivity contribution in [2.45, 2.75) is 33.7 Å². The molecular weight excluding hydrogens is 402 g/mol. The maximum Gasteiger partial charge on any atom is 0.337 e. The van der Waals surface area contributed by atoms with Crippen LogP contribution in [0.3, 0.4) is 0 Å². The summed E-state index contributed by atoms with van der Waals surface area (Å²) in [5, 5.41) is 13.7. The lowest BCUT2D eigenvalue weighted by atomic mass is 9.99. The van der Waals surface area contributed by atoms with Crippen LogP contribution in [0.2, 0.25) is 0 Å². The number of esters is 1. The number of carbonyl (C=O) groups is 2. The smallest absolute Gasteiger partial charge is 0.337 e. The van der Waals surface area contributed by atoms with E-state index in [9.17, 15) is 14.7 Å². The highest BCUT2D eigenvalue weighted by Gasteiger charge is 2.17. The minimum Gasteiger partial charge on any atom is -0.511 e. The molecule has 0 aliphatic carbocycles. The first kappa shape index (κ1) is 24.7. The standard InChI is InChI=1S/C27H31NO4/c1-6-7-25(19(3)26(30)18(2)20(4)29)28-17-23-10-8-21(9-11-23)16-22-12-14-24(15-13-22)27(31)32-5/h6-15,18,28,30H,1,16-17H2,2-5H3/b25-7+,26-19+. The van der Waals surface area contributed by atoms with Gasteiger partial charge in [-0.25, -0.2) is 4.79 Å². The van der Waals surface area contributed by atoms with E-state index in [1.807, 2.05) is 24.3 Å². The van der Waals surface area contributed by atoms with Gasteiger partial charge in [-0.15, -0.1) is 0 Å². The molecule has 0 saturated carbocycles. The first-order valence-electron chi connectivity index (χ1n) is 10.5. The van der Waals surface area contributed by atoms with E-state index in [1.165, 1.54) is 14.0 Å². The van der Waals surface area contributed by atoms with Gasteiger partial charge in [0.25, 0.3) is 0 Å². The number of methoxy groups -OCH3 is 1. The van der Waals surface area contributed by atoms with Crippen LogP contribution in [0.5, 0.6) is 0 Å². The van der Waals surface area contributed by atoms with Gasteiger partial charge in [0.2, 0.25) is 0 Å². The van der Waals surface area contributed by atoms with E-state index in [1.54, 1.807) is 38.1 Å². The summed E-state index contributed by atoms with van der Waals surface area (Å²) < 4.78 is 4.73. The molecule has 5 nitrogen and oxygen atoms in total. The van der Waals surface area contributed by atoms with Gasteiger partial charge in [-0.2, -0.15) is 0 Å². The average molecular weight is 434 g/mol. The van der Waals surface area contributed by atoms with Crippen molar-refractivity contribution in [1.82, 2.24) is 5.32 Å². The van der Waals surface area contributed by atoms with Gasteiger partial charge < -0.3 is 15.2 Å². The highest BCUT2D eigenvalue weighted by atomic mass is 16.5. The molecule has 168 valence electrons. The molecule has 32 heavy (non-hydrogen) atoms. The van der Waals surface area contributed by atoms with Crippen LogP contribution in [0.15, 0.2) is 84.3 Å². The summed E-state index contributed by atoms with van der Waals surface area (Å²) in [6.07, 6.45) is 4.19. The van der Waals surface area contributed by atoms with Crippen molar-refractivity contribution in [2.75, 3.05) is 7.11 Å². The molecule has 0 aliphatic rings. The molecule has 0 saturated heterocycles. The second kappa shape index (κ2) is 11.7. The molecule has 2 aromatic rings. The lowest BCUT2D eigenvalue weighted by Crippen LogP contribution is -2.18. The number of hydrogen-bond donors (Lipinski definition) is 2. The van der Waals surface area contributed by atoms with Gasteiger partial charge in [0, 0.05) is 17.8 Å². The van der Waals surface area contributed by atoms with Crippen LogP contribution in [0, 0.1) is 5.92 Å². The normalized spacial score (nSPS) is 13.1. The molecule has 0 bridgehead atoms. The minimum absolute atomic E-state index is 0.0617. The second-order valence-corrected chi connectivity index (χ2v) is 7.69. The number of allylic oxidation sites excluding steroid dienone is 4. The van der Waals surface area contributed by atoms with Crippen LogP contribution in [-0.2, 0) is 22.5 Å². The number of nitrogens with one attached hydrogen (secondary N) is 1. The van der Waals surface area contributed by atoms with Crippen LogP contribution < -0.4 is 5.32 Å². The number of ketones is 1. The third-order valence-electron chi connectivity index (χ3n) is 5.38. The number of aliphatic hydroxyl groups excluding tert-OH is 1. The largest absolute Gasteiger partial charge is 0.511 e. The molecule has 0 heterocycles. The summed E-state index contributed by atoms with van der Waals surface area (Å²) in [4.78, 5) is 23.1. The number of ether oxygens (including phenoxy) is 1. The predicted molar refractivity (Wildman–Crippen MR) is 127 cm³/mol. The van der Waals surface area contributed by atoms with Gasteiger partial charge in [0.15, 0.2) is 0 Å². The Morgan fingerprint density at radius 3 is 2.06 bits per heavy atom. The Hall–Kier alpha value is -3.60. The monoisotopic (exact) mass is 433 g/mol. The number of Topliss-reactive ketones (excluding diaryl/α,β-unsaturated/α-hetero) is 1.